The Morgan fingerprint density at radius 1 is 1.21 bits per heavy atom. The van der Waals surface area contributed by atoms with E-state index < -0.39 is 0 Å². The lowest BCUT2D eigenvalue weighted by atomic mass is 10.2. The fourth-order valence-corrected chi connectivity index (χ4v) is 3.13. The Bertz CT molecular complexity index is 584. The molecule has 19 heavy (non-hydrogen) atoms. The van der Waals surface area contributed by atoms with Gasteiger partial charge in [0.25, 0.3) is 0 Å². The summed E-state index contributed by atoms with van der Waals surface area (Å²) in [7, 11) is 0. The summed E-state index contributed by atoms with van der Waals surface area (Å²) in [5.74, 6) is 1.64. The predicted molar refractivity (Wildman–Crippen MR) is 85.2 cm³/mol. The summed E-state index contributed by atoms with van der Waals surface area (Å²) in [6.07, 6.45) is 0.859. The van der Waals surface area contributed by atoms with Crippen molar-refractivity contribution in [2.45, 2.75) is 25.6 Å². The number of ether oxygens (including phenoxy) is 1. The second-order valence-corrected chi connectivity index (χ2v) is 5.65. The zero-order valence-electron chi connectivity index (χ0n) is 10.9. The molecular formula is C15H15Br2NO. The zero-order valence-corrected chi connectivity index (χ0v) is 14.1. The molecule has 0 amide bonds. The molecule has 4 heteroatoms. The molecule has 0 atom stereocenters. The van der Waals surface area contributed by atoms with Gasteiger partial charge in [0.05, 0.1) is 5.69 Å². The highest BCUT2D eigenvalue weighted by Crippen LogP contribution is 2.29. The van der Waals surface area contributed by atoms with Gasteiger partial charge in [0.1, 0.15) is 11.5 Å². The Morgan fingerprint density at radius 2 is 2.00 bits per heavy atom. The van der Waals surface area contributed by atoms with Gasteiger partial charge in [-0.25, -0.2) is 0 Å². The second kappa shape index (κ2) is 6.53. The predicted octanol–water partition coefficient (Wildman–Crippen LogP) is 5.40. The maximum atomic E-state index is 5.93. The first-order valence-electron chi connectivity index (χ1n) is 6.12. The number of hydrogen-bond donors (Lipinski definition) is 0. The fourth-order valence-electron chi connectivity index (χ4n) is 1.77. The van der Waals surface area contributed by atoms with Gasteiger partial charge < -0.3 is 4.74 Å². The van der Waals surface area contributed by atoms with E-state index in [1.807, 2.05) is 37.3 Å². The first kappa shape index (κ1) is 14.5. The van der Waals surface area contributed by atoms with Gasteiger partial charge in [-0.05, 0) is 43.2 Å². The molecule has 0 radical (unpaired) electrons. The monoisotopic (exact) mass is 383 g/mol. The molecule has 0 aliphatic heterocycles. The van der Waals surface area contributed by atoms with Crippen molar-refractivity contribution >= 4 is 31.9 Å². The Hall–Kier alpha value is -0.870. The minimum Gasteiger partial charge on any atom is -0.455 e. The van der Waals surface area contributed by atoms with Gasteiger partial charge in [0, 0.05) is 15.5 Å². The van der Waals surface area contributed by atoms with Crippen LogP contribution >= 0.6 is 31.9 Å². The number of aryl methyl sites for hydroxylation is 2. The van der Waals surface area contributed by atoms with Crippen LogP contribution in [0.1, 0.15) is 23.9 Å². The van der Waals surface area contributed by atoms with Crippen LogP contribution in [-0.4, -0.2) is 4.98 Å². The zero-order chi connectivity index (χ0) is 13.8. The summed E-state index contributed by atoms with van der Waals surface area (Å²) >= 11 is 6.99. The van der Waals surface area contributed by atoms with Crippen molar-refractivity contribution in [3.63, 3.8) is 0 Å². The van der Waals surface area contributed by atoms with Crippen LogP contribution in [-0.2, 0) is 11.8 Å². The number of pyridine rings is 1. The molecule has 0 N–H and O–H groups in total. The van der Waals surface area contributed by atoms with E-state index in [0.717, 1.165) is 39.1 Å². The van der Waals surface area contributed by atoms with E-state index in [0.29, 0.717) is 0 Å². The summed E-state index contributed by atoms with van der Waals surface area (Å²) < 4.78 is 6.97. The SMILES string of the molecule is CCc1nc(C)ccc1Oc1ccc(CBr)c(Br)c1. The minimum absolute atomic E-state index is 0.817. The Balaban J connectivity index is 2.28. The molecule has 100 valence electrons. The van der Waals surface area contributed by atoms with Crippen LogP contribution in [0.5, 0.6) is 11.5 Å². The summed E-state index contributed by atoms with van der Waals surface area (Å²) in [6, 6.07) is 9.95. The Morgan fingerprint density at radius 3 is 2.63 bits per heavy atom. The van der Waals surface area contributed by atoms with Crippen molar-refractivity contribution < 1.29 is 4.74 Å². The van der Waals surface area contributed by atoms with Crippen molar-refractivity contribution in [1.82, 2.24) is 4.98 Å². The molecule has 0 saturated heterocycles. The third-order valence-electron chi connectivity index (χ3n) is 2.80. The lowest BCUT2D eigenvalue weighted by Crippen LogP contribution is -1.96. The number of hydrogen-bond acceptors (Lipinski definition) is 2. The van der Waals surface area contributed by atoms with Gasteiger partial charge >= 0.3 is 0 Å². The molecule has 0 fully saturated rings. The number of rotatable bonds is 4. The quantitative estimate of drug-likeness (QED) is 0.658. The maximum Gasteiger partial charge on any atom is 0.148 e. The lowest BCUT2D eigenvalue weighted by molar-refractivity contribution is 0.472. The molecule has 0 saturated carbocycles. The van der Waals surface area contributed by atoms with Gasteiger partial charge in [0.15, 0.2) is 0 Å². The van der Waals surface area contributed by atoms with Crippen molar-refractivity contribution in [1.29, 1.82) is 0 Å². The normalized spacial score (nSPS) is 10.5. The van der Waals surface area contributed by atoms with Gasteiger partial charge in [-0.15, -0.1) is 0 Å². The second-order valence-electron chi connectivity index (χ2n) is 4.24. The molecule has 0 bridgehead atoms. The first-order valence-corrected chi connectivity index (χ1v) is 8.04. The van der Waals surface area contributed by atoms with Gasteiger partial charge in [-0.1, -0.05) is 44.8 Å². The average molecular weight is 385 g/mol. The van der Waals surface area contributed by atoms with E-state index in [1.54, 1.807) is 0 Å². The van der Waals surface area contributed by atoms with Crippen molar-refractivity contribution in [3.8, 4) is 11.5 Å². The molecule has 2 rings (SSSR count). The van der Waals surface area contributed by atoms with Crippen LogP contribution in [0, 0.1) is 6.92 Å². The highest BCUT2D eigenvalue weighted by Gasteiger charge is 2.07. The first-order chi connectivity index (χ1) is 9.13. The van der Waals surface area contributed by atoms with Crippen LogP contribution < -0.4 is 4.74 Å². The van der Waals surface area contributed by atoms with E-state index in [2.05, 4.69) is 43.8 Å². The lowest BCUT2D eigenvalue weighted by Gasteiger charge is -2.11. The third-order valence-corrected chi connectivity index (χ3v) is 4.15. The highest BCUT2D eigenvalue weighted by molar-refractivity contribution is 9.10. The Kier molecular flexibility index (Phi) is 4.99. The van der Waals surface area contributed by atoms with E-state index in [-0.39, 0.29) is 0 Å². The molecule has 0 aliphatic rings. The summed E-state index contributed by atoms with van der Waals surface area (Å²) in [5, 5.41) is 0.820. The summed E-state index contributed by atoms with van der Waals surface area (Å²) in [4.78, 5) is 4.50. The topological polar surface area (TPSA) is 22.1 Å². The number of alkyl halides is 1. The molecule has 2 aromatic rings. The highest BCUT2D eigenvalue weighted by atomic mass is 79.9. The van der Waals surface area contributed by atoms with Crippen LogP contribution in [0.25, 0.3) is 0 Å². The standard InChI is InChI=1S/C15H15Br2NO/c1-3-14-15(7-4-10(2)18-14)19-12-6-5-11(9-16)13(17)8-12/h4-8H,3,9H2,1-2H3. The van der Waals surface area contributed by atoms with E-state index in [9.17, 15) is 0 Å². The number of benzene rings is 1. The largest absolute Gasteiger partial charge is 0.455 e. The number of nitrogens with zero attached hydrogens (tertiary/aromatic N) is 1. The van der Waals surface area contributed by atoms with Crippen molar-refractivity contribution in [3.05, 3.63) is 51.8 Å². The number of halogens is 2. The van der Waals surface area contributed by atoms with Crippen molar-refractivity contribution in [2.24, 2.45) is 0 Å². The molecule has 2 nitrogen and oxygen atoms in total. The fraction of sp³-hybridized carbons (Fsp3) is 0.267. The van der Waals surface area contributed by atoms with E-state index >= 15 is 0 Å². The average Bonchev–Trinajstić information content (AvgIpc) is 2.41. The van der Waals surface area contributed by atoms with Crippen LogP contribution in [0.4, 0.5) is 0 Å². The molecular weight excluding hydrogens is 370 g/mol. The third kappa shape index (κ3) is 3.57. The maximum absolute atomic E-state index is 5.93. The van der Waals surface area contributed by atoms with Gasteiger partial charge in [-0.2, -0.15) is 0 Å². The molecule has 1 aromatic heterocycles. The van der Waals surface area contributed by atoms with E-state index in [1.165, 1.54) is 5.56 Å². The van der Waals surface area contributed by atoms with Gasteiger partial charge in [-0.3, -0.25) is 4.98 Å². The van der Waals surface area contributed by atoms with Gasteiger partial charge in [0.2, 0.25) is 0 Å². The molecule has 1 heterocycles. The molecule has 0 unspecified atom stereocenters. The molecule has 1 aromatic carbocycles. The van der Waals surface area contributed by atoms with Crippen LogP contribution in [0.15, 0.2) is 34.8 Å². The molecule has 0 aliphatic carbocycles. The van der Waals surface area contributed by atoms with Crippen LogP contribution in [0.2, 0.25) is 0 Å². The molecule has 0 spiro atoms. The van der Waals surface area contributed by atoms with Crippen LogP contribution in [0.3, 0.4) is 0 Å². The Labute approximate surface area is 130 Å². The van der Waals surface area contributed by atoms with E-state index in [4.69, 9.17) is 4.74 Å². The summed E-state index contributed by atoms with van der Waals surface area (Å²) in [5.41, 5.74) is 3.20. The summed E-state index contributed by atoms with van der Waals surface area (Å²) in [6.45, 7) is 4.07. The number of aromatic nitrogens is 1. The smallest absolute Gasteiger partial charge is 0.148 e. The van der Waals surface area contributed by atoms with Crippen molar-refractivity contribution in [2.75, 3.05) is 0 Å². The minimum atomic E-state index is 0.817.